The maximum atomic E-state index is 13.9. The van der Waals surface area contributed by atoms with Crippen LogP contribution < -0.4 is 10.2 Å². The maximum absolute atomic E-state index is 13.9. The van der Waals surface area contributed by atoms with Crippen molar-refractivity contribution in [3.05, 3.63) is 54.1 Å². The summed E-state index contributed by atoms with van der Waals surface area (Å²) in [7, 11) is 0. The topological polar surface area (TPSA) is 50.2 Å². The van der Waals surface area contributed by atoms with Gasteiger partial charge < -0.3 is 14.8 Å². The second kappa shape index (κ2) is 8.86. The van der Waals surface area contributed by atoms with Crippen LogP contribution in [0.3, 0.4) is 0 Å². The zero-order chi connectivity index (χ0) is 20.2. The third-order valence-electron chi connectivity index (χ3n) is 5.24. The van der Waals surface area contributed by atoms with Gasteiger partial charge in [0.15, 0.2) is 0 Å². The molecule has 2 aromatic carbocycles. The molecular formula is C22H25FN4OS. The highest BCUT2D eigenvalue weighted by Gasteiger charge is 2.18. The van der Waals surface area contributed by atoms with Crippen molar-refractivity contribution in [2.75, 3.05) is 29.6 Å². The van der Waals surface area contributed by atoms with E-state index in [4.69, 9.17) is 0 Å². The number of imidazole rings is 1. The average Bonchev–Trinajstić information content (AvgIpc) is 3.06. The summed E-state index contributed by atoms with van der Waals surface area (Å²) < 4.78 is 15.9. The van der Waals surface area contributed by atoms with Crippen LogP contribution in [0.2, 0.25) is 0 Å². The van der Waals surface area contributed by atoms with Crippen LogP contribution in [0.5, 0.6) is 0 Å². The fourth-order valence-electron chi connectivity index (χ4n) is 3.89. The molecule has 3 aromatic rings. The number of amides is 1. The molecule has 2 heterocycles. The van der Waals surface area contributed by atoms with Gasteiger partial charge in [0.25, 0.3) is 0 Å². The number of nitrogens with zero attached hydrogens (tertiary/aromatic N) is 3. The van der Waals surface area contributed by atoms with Gasteiger partial charge in [-0.05, 0) is 55.9 Å². The van der Waals surface area contributed by atoms with Crippen LogP contribution >= 0.6 is 11.8 Å². The molecule has 1 aliphatic heterocycles. The van der Waals surface area contributed by atoms with Gasteiger partial charge in [-0.25, -0.2) is 9.37 Å². The maximum Gasteiger partial charge on any atom is 0.244 e. The van der Waals surface area contributed by atoms with Gasteiger partial charge in [0.05, 0.1) is 28.2 Å². The molecule has 7 heteroatoms. The molecule has 29 heavy (non-hydrogen) atoms. The SMILES string of the molecule is CSCc1nc2ccccc2n1CC(=O)Nc1cc(F)ccc1N1CCCCC1. The predicted octanol–water partition coefficient (Wildman–Crippen LogP) is 4.67. The van der Waals surface area contributed by atoms with E-state index in [2.05, 4.69) is 15.2 Å². The van der Waals surface area contributed by atoms with Crippen LogP contribution in [0.4, 0.5) is 15.8 Å². The Morgan fingerprint density at radius 1 is 1.17 bits per heavy atom. The van der Waals surface area contributed by atoms with Crippen LogP contribution in [0.15, 0.2) is 42.5 Å². The molecular weight excluding hydrogens is 387 g/mol. The van der Waals surface area contributed by atoms with E-state index in [0.29, 0.717) is 5.69 Å². The van der Waals surface area contributed by atoms with Crippen molar-refractivity contribution in [1.29, 1.82) is 0 Å². The number of nitrogens with one attached hydrogen (secondary N) is 1. The van der Waals surface area contributed by atoms with Crippen LogP contribution in [0.1, 0.15) is 25.1 Å². The highest BCUT2D eigenvalue weighted by atomic mass is 32.2. The summed E-state index contributed by atoms with van der Waals surface area (Å²) in [4.78, 5) is 19.8. The van der Waals surface area contributed by atoms with E-state index in [-0.39, 0.29) is 18.3 Å². The van der Waals surface area contributed by atoms with Gasteiger partial charge in [-0.3, -0.25) is 4.79 Å². The third-order valence-corrected chi connectivity index (χ3v) is 5.79. The second-order valence-electron chi connectivity index (χ2n) is 7.29. The van der Waals surface area contributed by atoms with Gasteiger partial charge in [-0.2, -0.15) is 11.8 Å². The smallest absolute Gasteiger partial charge is 0.244 e. The second-order valence-corrected chi connectivity index (χ2v) is 8.16. The molecule has 0 bridgehead atoms. The molecule has 1 aromatic heterocycles. The monoisotopic (exact) mass is 412 g/mol. The van der Waals surface area contributed by atoms with Crippen molar-refractivity contribution in [1.82, 2.24) is 9.55 Å². The predicted molar refractivity (Wildman–Crippen MR) is 118 cm³/mol. The molecule has 0 saturated carbocycles. The zero-order valence-electron chi connectivity index (χ0n) is 16.5. The number of benzene rings is 2. The Balaban J connectivity index is 1.59. The molecule has 0 radical (unpaired) electrons. The summed E-state index contributed by atoms with van der Waals surface area (Å²) in [5, 5.41) is 2.94. The number of thioether (sulfide) groups is 1. The molecule has 0 unspecified atom stereocenters. The fraction of sp³-hybridized carbons (Fsp3) is 0.364. The van der Waals surface area contributed by atoms with E-state index in [9.17, 15) is 9.18 Å². The first-order valence-corrected chi connectivity index (χ1v) is 11.3. The Bertz CT molecular complexity index is 1010. The Morgan fingerprint density at radius 2 is 1.97 bits per heavy atom. The van der Waals surface area contributed by atoms with Crippen molar-refractivity contribution in [2.24, 2.45) is 0 Å². The summed E-state index contributed by atoms with van der Waals surface area (Å²) >= 11 is 1.67. The lowest BCUT2D eigenvalue weighted by atomic mass is 10.1. The molecule has 152 valence electrons. The minimum Gasteiger partial charge on any atom is -0.370 e. The zero-order valence-corrected chi connectivity index (χ0v) is 17.3. The first kappa shape index (κ1) is 19.8. The summed E-state index contributed by atoms with van der Waals surface area (Å²) in [6.07, 6.45) is 5.46. The number of anilines is 2. The average molecular weight is 413 g/mol. The van der Waals surface area contributed by atoms with Gasteiger partial charge in [0.2, 0.25) is 5.91 Å². The lowest BCUT2D eigenvalue weighted by Crippen LogP contribution is -2.31. The molecule has 0 atom stereocenters. The molecule has 0 spiro atoms. The van der Waals surface area contributed by atoms with Crippen LogP contribution in [-0.2, 0) is 17.1 Å². The van der Waals surface area contributed by atoms with Gasteiger partial charge >= 0.3 is 0 Å². The number of hydrogen-bond donors (Lipinski definition) is 1. The number of carbonyl (C=O) groups excluding carboxylic acids is 1. The number of halogens is 1. The van der Waals surface area contributed by atoms with Gasteiger partial charge in [0, 0.05) is 13.1 Å². The molecule has 5 nitrogen and oxygen atoms in total. The van der Waals surface area contributed by atoms with Crippen LogP contribution in [-0.4, -0.2) is 34.8 Å². The summed E-state index contributed by atoms with van der Waals surface area (Å²) in [6, 6.07) is 12.5. The first-order chi connectivity index (χ1) is 14.2. The molecule has 1 amide bonds. The molecule has 1 N–H and O–H groups in total. The van der Waals surface area contributed by atoms with Crippen LogP contribution in [0.25, 0.3) is 11.0 Å². The van der Waals surface area contributed by atoms with Crippen molar-refractivity contribution in [3.8, 4) is 0 Å². The first-order valence-electron chi connectivity index (χ1n) is 9.93. The normalized spacial score (nSPS) is 14.3. The van der Waals surface area contributed by atoms with E-state index < -0.39 is 0 Å². The Labute approximate surface area is 174 Å². The standard InChI is InChI=1S/C22H25FN4OS/c1-29-15-21-24-17-7-3-4-8-20(17)27(21)14-22(28)25-18-13-16(23)9-10-19(18)26-11-5-2-6-12-26/h3-4,7-10,13H,2,5-6,11-12,14-15H2,1H3,(H,25,28). The Hall–Kier alpha value is -2.54. The van der Waals surface area contributed by atoms with Crippen molar-refractivity contribution >= 4 is 40.1 Å². The molecule has 1 fully saturated rings. The number of fused-ring (bicyclic) bond motifs is 1. The van der Waals surface area contributed by atoms with E-state index in [1.54, 1.807) is 17.8 Å². The largest absolute Gasteiger partial charge is 0.370 e. The van der Waals surface area contributed by atoms with Crippen molar-refractivity contribution < 1.29 is 9.18 Å². The quantitative estimate of drug-likeness (QED) is 0.639. The molecule has 1 aliphatic rings. The Morgan fingerprint density at radius 3 is 2.76 bits per heavy atom. The van der Waals surface area contributed by atoms with Gasteiger partial charge in [-0.15, -0.1) is 0 Å². The lowest BCUT2D eigenvalue weighted by Gasteiger charge is -2.30. The molecule has 4 rings (SSSR count). The summed E-state index contributed by atoms with van der Waals surface area (Å²) in [6.45, 7) is 2.00. The summed E-state index contributed by atoms with van der Waals surface area (Å²) in [5.41, 5.74) is 3.23. The van der Waals surface area contributed by atoms with Gasteiger partial charge in [0.1, 0.15) is 18.2 Å². The van der Waals surface area contributed by atoms with E-state index in [1.807, 2.05) is 35.1 Å². The highest BCUT2D eigenvalue weighted by Crippen LogP contribution is 2.29. The van der Waals surface area contributed by atoms with E-state index in [1.165, 1.54) is 18.6 Å². The number of hydrogen-bond acceptors (Lipinski definition) is 4. The molecule has 0 aliphatic carbocycles. The van der Waals surface area contributed by atoms with E-state index in [0.717, 1.165) is 54.2 Å². The van der Waals surface area contributed by atoms with Crippen molar-refractivity contribution in [3.63, 3.8) is 0 Å². The van der Waals surface area contributed by atoms with Gasteiger partial charge in [-0.1, -0.05) is 12.1 Å². The third kappa shape index (κ3) is 4.40. The Kier molecular flexibility index (Phi) is 6.04. The minimum atomic E-state index is -0.350. The number of rotatable bonds is 6. The fourth-order valence-corrected chi connectivity index (χ4v) is 4.37. The minimum absolute atomic E-state index is 0.145. The van der Waals surface area contributed by atoms with Crippen LogP contribution in [0, 0.1) is 5.82 Å². The highest BCUT2D eigenvalue weighted by molar-refractivity contribution is 7.97. The van der Waals surface area contributed by atoms with Crippen molar-refractivity contribution in [2.45, 2.75) is 31.6 Å². The number of para-hydroxylation sites is 2. The number of piperidine rings is 1. The number of aromatic nitrogens is 2. The van der Waals surface area contributed by atoms with E-state index >= 15 is 0 Å². The lowest BCUT2D eigenvalue weighted by molar-refractivity contribution is -0.116. The molecule has 1 saturated heterocycles. The number of carbonyl (C=O) groups is 1. The summed E-state index contributed by atoms with van der Waals surface area (Å²) in [5.74, 6) is 1.06.